The summed E-state index contributed by atoms with van der Waals surface area (Å²) in [5.74, 6) is 0. The summed E-state index contributed by atoms with van der Waals surface area (Å²) >= 11 is 8.46. The minimum atomic E-state index is -0.336. The highest BCUT2D eigenvalue weighted by atomic mass is 79.9. The number of rotatable bonds is 4. The van der Waals surface area contributed by atoms with Gasteiger partial charge in [0.05, 0.1) is 17.5 Å². The summed E-state index contributed by atoms with van der Waals surface area (Å²) in [7, 11) is 0. The van der Waals surface area contributed by atoms with Crippen molar-refractivity contribution in [3.8, 4) is 11.3 Å². The number of hydrogen-bond acceptors (Lipinski definition) is 5. The summed E-state index contributed by atoms with van der Waals surface area (Å²) in [6.45, 7) is 0. The van der Waals surface area contributed by atoms with E-state index in [4.69, 9.17) is 4.42 Å². The maximum absolute atomic E-state index is 12.9. The van der Waals surface area contributed by atoms with Gasteiger partial charge in [-0.3, -0.25) is 0 Å². The lowest BCUT2D eigenvalue weighted by Gasteiger charge is -2.24. The first-order chi connectivity index (χ1) is 16.1. The first kappa shape index (κ1) is 22.5. The van der Waals surface area contributed by atoms with Gasteiger partial charge in [0, 0.05) is 25.8 Å². The average molecular weight is 587 g/mol. The van der Waals surface area contributed by atoms with Crippen LogP contribution in [0.3, 0.4) is 0 Å². The minimum absolute atomic E-state index is 0.291. The van der Waals surface area contributed by atoms with E-state index in [1.54, 1.807) is 6.21 Å². The van der Waals surface area contributed by atoms with Crippen LogP contribution in [0.25, 0.3) is 22.2 Å². The number of thiazole rings is 1. The molecule has 4 aromatic rings. The number of halogens is 2. The van der Waals surface area contributed by atoms with Gasteiger partial charge in [-0.25, -0.2) is 4.79 Å². The quantitative estimate of drug-likeness (QED) is 0.143. The first-order valence-corrected chi connectivity index (χ1v) is 13.3. The molecule has 2 heterocycles. The van der Waals surface area contributed by atoms with Crippen LogP contribution in [-0.4, -0.2) is 10.8 Å². The zero-order valence-corrected chi connectivity index (χ0v) is 21.7. The Bertz CT molecular complexity index is 1450. The fourth-order valence-electron chi connectivity index (χ4n) is 4.25. The molecule has 8 heteroatoms. The van der Waals surface area contributed by atoms with E-state index < -0.39 is 0 Å². The molecule has 0 saturated heterocycles. The van der Waals surface area contributed by atoms with Crippen LogP contribution in [0.15, 0.2) is 82.3 Å². The predicted molar refractivity (Wildman–Crippen MR) is 141 cm³/mol. The molecule has 2 aromatic heterocycles. The molecule has 168 valence electrons. The topological polar surface area (TPSA) is 59.9 Å². The molecule has 0 spiro atoms. The fourth-order valence-corrected chi connectivity index (χ4v) is 5.80. The number of hydrogen-bond donors (Lipinski definition) is 0. The lowest BCUT2D eigenvalue weighted by molar-refractivity contribution is 0.350. The standard InChI is InChI=1S/C25H21Br2N3O2S/c26-18-8-6-16(7-9-18)14-28-29-25-30(20-4-2-1-3-5-20)22(15-33-25)21-13-17-12-19(27)10-11-23(17)32-24(21)31/h6-15,20H,1-5H2/b28-14-,29-25-. The highest BCUT2D eigenvalue weighted by Crippen LogP contribution is 2.32. The molecule has 1 saturated carbocycles. The highest BCUT2D eigenvalue weighted by molar-refractivity contribution is 9.10. The molecular weight excluding hydrogens is 566 g/mol. The Kier molecular flexibility index (Phi) is 6.76. The molecule has 1 aliphatic rings. The Hall–Kier alpha value is -2.29. The van der Waals surface area contributed by atoms with Gasteiger partial charge < -0.3 is 8.98 Å². The van der Waals surface area contributed by atoms with Gasteiger partial charge in [0.2, 0.25) is 4.80 Å². The van der Waals surface area contributed by atoms with Crippen LogP contribution in [0, 0.1) is 0 Å². The van der Waals surface area contributed by atoms with Crippen molar-refractivity contribution < 1.29 is 4.42 Å². The van der Waals surface area contributed by atoms with E-state index in [2.05, 4.69) is 46.6 Å². The number of nitrogens with zero attached hydrogens (tertiary/aromatic N) is 3. The summed E-state index contributed by atoms with van der Waals surface area (Å²) in [5.41, 5.74) is 2.62. The maximum atomic E-state index is 12.9. The van der Waals surface area contributed by atoms with Crippen LogP contribution in [0.4, 0.5) is 0 Å². The van der Waals surface area contributed by atoms with Crippen molar-refractivity contribution in [1.29, 1.82) is 0 Å². The Labute approximate surface area is 211 Å². The molecule has 5 nitrogen and oxygen atoms in total. The van der Waals surface area contributed by atoms with Crippen LogP contribution in [0.5, 0.6) is 0 Å². The van der Waals surface area contributed by atoms with Crippen molar-refractivity contribution in [3.63, 3.8) is 0 Å². The molecule has 1 fully saturated rings. The van der Waals surface area contributed by atoms with E-state index in [1.807, 2.05) is 53.9 Å². The molecule has 0 N–H and O–H groups in total. The van der Waals surface area contributed by atoms with E-state index in [0.29, 0.717) is 17.2 Å². The highest BCUT2D eigenvalue weighted by Gasteiger charge is 2.22. The van der Waals surface area contributed by atoms with Gasteiger partial charge >= 0.3 is 5.63 Å². The number of benzene rings is 2. The first-order valence-electron chi connectivity index (χ1n) is 10.8. The normalized spacial score (nSPS) is 15.6. The molecule has 5 rings (SSSR count). The van der Waals surface area contributed by atoms with Crippen molar-refractivity contribution in [2.75, 3.05) is 0 Å². The molecule has 0 radical (unpaired) electrons. The smallest absolute Gasteiger partial charge is 0.345 e. The lowest BCUT2D eigenvalue weighted by atomic mass is 9.95. The molecule has 0 atom stereocenters. The van der Waals surface area contributed by atoms with Crippen molar-refractivity contribution in [1.82, 2.24) is 4.57 Å². The third-order valence-corrected chi connectivity index (χ3v) is 7.72. The van der Waals surface area contributed by atoms with E-state index in [9.17, 15) is 4.79 Å². The van der Waals surface area contributed by atoms with Crippen molar-refractivity contribution in [2.45, 2.75) is 38.1 Å². The molecule has 0 amide bonds. The van der Waals surface area contributed by atoms with Gasteiger partial charge in [0.15, 0.2) is 0 Å². The zero-order chi connectivity index (χ0) is 22.8. The van der Waals surface area contributed by atoms with Crippen LogP contribution in [0.1, 0.15) is 43.7 Å². The van der Waals surface area contributed by atoms with Gasteiger partial charge in [-0.15, -0.1) is 16.4 Å². The summed E-state index contributed by atoms with van der Waals surface area (Å²) in [4.78, 5) is 13.7. The van der Waals surface area contributed by atoms with Gasteiger partial charge in [-0.1, -0.05) is 63.3 Å². The number of aromatic nitrogens is 1. The molecule has 0 aliphatic heterocycles. The lowest BCUT2D eigenvalue weighted by Crippen LogP contribution is -2.24. The average Bonchev–Trinajstić information content (AvgIpc) is 3.24. The Morgan fingerprint density at radius 3 is 2.55 bits per heavy atom. The van der Waals surface area contributed by atoms with Crippen molar-refractivity contribution in [3.05, 3.63) is 83.6 Å². The SMILES string of the molecule is O=c1oc2ccc(Br)cc2cc1-c1cs/c(=N\N=C/c2ccc(Br)cc2)n1C1CCCCC1. The summed E-state index contributed by atoms with van der Waals surface area (Å²) in [6.07, 6.45) is 7.48. The monoisotopic (exact) mass is 585 g/mol. The largest absolute Gasteiger partial charge is 0.422 e. The van der Waals surface area contributed by atoms with Crippen LogP contribution >= 0.6 is 43.2 Å². The summed E-state index contributed by atoms with van der Waals surface area (Å²) < 4.78 is 9.81. The molecule has 0 unspecified atom stereocenters. The summed E-state index contributed by atoms with van der Waals surface area (Å²) in [6, 6.07) is 15.8. The fraction of sp³-hybridized carbons (Fsp3) is 0.240. The Morgan fingerprint density at radius 2 is 1.76 bits per heavy atom. The van der Waals surface area contributed by atoms with Crippen LogP contribution in [0.2, 0.25) is 0 Å². The van der Waals surface area contributed by atoms with Gasteiger partial charge in [-0.2, -0.15) is 5.10 Å². The molecule has 1 aliphatic carbocycles. The van der Waals surface area contributed by atoms with E-state index in [0.717, 1.165) is 43.2 Å². The zero-order valence-electron chi connectivity index (χ0n) is 17.7. The Morgan fingerprint density at radius 1 is 1.00 bits per heavy atom. The summed E-state index contributed by atoms with van der Waals surface area (Å²) in [5, 5.41) is 11.8. The van der Waals surface area contributed by atoms with Crippen LogP contribution in [-0.2, 0) is 0 Å². The minimum Gasteiger partial charge on any atom is -0.422 e. The maximum Gasteiger partial charge on any atom is 0.345 e. The van der Waals surface area contributed by atoms with Crippen molar-refractivity contribution in [2.24, 2.45) is 10.2 Å². The van der Waals surface area contributed by atoms with Gasteiger partial charge in [0.1, 0.15) is 5.58 Å². The van der Waals surface area contributed by atoms with Crippen molar-refractivity contribution >= 4 is 60.4 Å². The van der Waals surface area contributed by atoms with E-state index >= 15 is 0 Å². The second-order valence-corrected chi connectivity index (χ2v) is 10.8. The predicted octanol–water partition coefficient (Wildman–Crippen LogP) is 7.29. The van der Waals surface area contributed by atoms with E-state index in [1.165, 1.54) is 30.6 Å². The van der Waals surface area contributed by atoms with Crippen LogP contribution < -0.4 is 10.4 Å². The Balaban J connectivity index is 1.61. The third-order valence-electron chi connectivity index (χ3n) is 5.87. The van der Waals surface area contributed by atoms with E-state index in [-0.39, 0.29) is 5.63 Å². The third kappa shape index (κ3) is 4.98. The second kappa shape index (κ2) is 9.91. The molecular formula is C25H21Br2N3O2S. The molecule has 2 aromatic carbocycles. The second-order valence-electron chi connectivity index (χ2n) is 8.09. The van der Waals surface area contributed by atoms with Gasteiger partial charge in [0.25, 0.3) is 0 Å². The molecule has 0 bridgehead atoms. The van der Waals surface area contributed by atoms with Gasteiger partial charge in [-0.05, 0) is 54.8 Å². The number of fused-ring (bicyclic) bond motifs is 1. The molecule has 33 heavy (non-hydrogen) atoms.